The van der Waals surface area contributed by atoms with Crippen molar-refractivity contribution in [2.24, 2.45) is 5.73 Å². The highest BCUT2D eigenvalue weighted by atomic mass is 16.5. The predicted octanol–water partition coefficient (Wildman–Crippen LogP) is 2.73. The molecule has 2 nitrogen and oxygen atoms in total. The summed E-state index contributed by atoms with van der Waals surface area (Å²) in [7, 11) is 0. The van der Waals surface area contributed by atoms with Crippen LogP contribution in [0.2, 0.25) is 0 Å². The molecule has 1 aromatic carbocycles. The molecule has 0 radical (unpaired) electrons. The molecular formula is C14H17NO. The minimum atomic E-state index is 0.239. The van der Waals surface area contributed by atoms with Crippen molar-refractivity contribution in [1.29, 1.82) is 0 Å². The van der Waals surface area contributed by atoms with Crippen LogP contribution in [0.3, 0.4) is 0 Å². The molecule has 2 aliphatic carbocycles. The molecule has 1 fully saturated rings. The molecule has 1 saturated carbocycles. The number of nitrogens with two attached hydrogens (primary N) is 1. The Hall–Kier alpha value is -1.28. The van der Waals surface area contributed by atoms with Crippen LogP contribution < -0.4 is 10.5 Å². The van der Waals surface area contributed by atoms with Gasteiger partial charge in [0.2, 0.25) is 0 Å². The summed E-state index contributed by atoms with van der Waals surface area (Å²) in [5, 5.41) is 0. The maximum atomic E-state index is 5.88. The van der Waals surface area contributed by atoms with Gasteiger partial charge in [-0.1, -0.05) is 18.2 Å². The summed E-state index contributed by atoms with van der Waals surface area (Å²) in [6.07, 6.45) is 7.22. The van der Waals surface area contributed by atoms with Crippen LogP contribution in [0.5, 0.6) is 5.75 Å². The first-order valence-corrected chi connectivity index (χ1v) is 6.04. The molecule has 2 N–H and O–H groups in total. The quantitative estimate of drug-likeness (QED) is 0.841. The summed E-state index contributed by atoms with van der Waals surface area (Å²) < 4.78 is 5.79. The van der Waals surface area contributed by atoms with E-state index in [4.69, 9.17) is 10.5 Å². The summed E-state index contributed by atoms with van der Waals surface area (Å²) in [5.41, 5.74) is 8.52. The summed E-state index contributed by atoms with van der Waals surface area (Å²) in [4.78, 5) is 0. The summed E-state index contributed by atoms with van der Waals surface area (Å²) in [6, 6.07) is 8.63. The molecule has 0 heterocycles. The third kappa shape index (κ3) is 2.12. The SMILES string of the molecule is NC1C=C(c2cccc(OC3CC3)c2)CC1. The zero-order valence-electron chi connectivity index (χ0n) is 9.36. The molecule has 0 amide bonds. The monoisotopic (exact) mass is 215 g/mol. The van der Waals surface area contributed by atoms with Gasteiger partial charge in [0, 0.05) is 6.04 Å². The van der Waals surface area contributed by atoms with E-state index in [1.54, 1.807) is 0 Å². The Morgan fingerprint density at radius 3 is 2.75 bits per heavy atom. The van der Waals surface area contributed by atoms with E-state index < -0.39 is 0 Å². The van der Waals surface area contributed by atoms with Crippen molar-refractivity contribution < 1.29 is 4.74 Å². The molecule has 2 aliphatic rings. The van der Waals surface area contributed by atoms with Crippen molar-refractivity contribution in [2.75, 3.05) is 0 Å². The summed E-state index contributed by atoms with van der Waals surface area (Å²) in [5.74, 6) is 1.00. The van der Waals surface area contributed by atoms with Crippen LogP contribution in [0.15, 0.2) is 30.3 Å². The van der Waals surface area contributed by atoms with Crippen molar-refractivity contribution in [2.45, 2.75) is 37.8 Å². The van der Waals surface area contributed by atoms with Crippen LogP contribution >= 0.6 is 0 Å². The fraction of sp³-hybridized carbons (Fsp3) is 0.429. The molecule has 0 spiro atoms. The van der Waals surface area contributed by atoms with Gasteiger partial charge in [-0.15, -0.1) is 0 Å². The van der Waals surface area contributed by atoms with Gasteiger partial charge in [-0.25, -0.2) is 0 Å². The Balaban J connectivity index is 1.81. The van der Waals surface area contributed by atoms with Gasteiger partial charge in [0.1, 0.15) is 5.75 Å². The molecule has 0 aromatic heterocycles. The number of allylic oxidation sites excluding steroid dienone is 1. The van der Waals surface area contributed by atoms with Crippen LogP contribution in [0.4, 0.5) is 0 Å². The molecule has 2 heteroatoms. The van der Waals surface area contributed by atoms with Crippen molar-refractivity contribution in [1.82, 2.24) is 0 Å². The van der Waals surface area contributed by atoms with Gasteiger partial charge in [0.05, 0.1) is 6.10 Å². The number of rotatable bonds is 3. The molecule has 1 unspecified atom stereocenters. The van der Waals surface area contributed by atoms with Gasteiger partial charge in [0.15, 0.2) is 0 Å². The van der Waals surface area contributed by atoms with Crippen LogP contribution in [0.25, 0.3) is 5.57 Å². The van der Waals surface area contributed by atoms with E-state index in [1.807, 2.05) is 6.07 Å². The van der Waals surface area contributed by atoms with Gasteiger partial charge < -0.3 is 10.5 Å². The standard InChI is InChI=1S/C14H17NO/c15-12-5-4-11(8-12)10-2-1-3-14(9-10)16-13-6-7-13/h1-3,8-9,12-13H,4-7,15H2. The van der Waals surface area contributed by atoms with Gasteiger partial charge in [-0.3, -0.25) is 0 Å². The highest BCUT2D eigenvalue weighted by molar-refractivity contribution is 5.69. The second-order valence-electron chi connectivity index (χ2n) is 4.74. The molecule has 16 heavy (non-hydrogen) atoms. The lowest BCUT2D eigenvalue weighted by Crippen LogP contribution is -2.11. The molecule has 0 bridgehead atoms. The van der Waals surface area contributed by atoms with E-state index in [0.717, 1.165) is 18.6 Å². The fourth-order valence-electron chi connectivity index (χ4n) is 2.14. The fourth-order valence-corrected chi connectivity index (χ4v) is 2.14. The molecular weight excluding hydrogens is 198 g/mol. The lowest BCUT2D eigenvalue weighted by Gasteiger charge is -2.07. The van der Waals surface area contributed by atoms with Crippen LogP contribution in [-0.2, 0) is 0 Å². The largest absolute Gasteiger partial charge is 0.490 e. The first kappa shape index (κ1) is 9.91. The number of hydrogen-bond acceptors (Lipinski definition) is 2. The third-order valence-electron chi connectivity index (χ3n) is 3.19. The molecule has 0 aliphatic heterocycles. The van der Waals surface area contributed by atoms with Gasteiger partial charge in [-0.05, 0) is 49.0 Å². The van der Waals surface area contributed by atoms with E-state index >= 15 is 0 Å². The number of ether oxygens (including phenoxy) is 1. The summed E-state index contributed by atoms with van der Waals surface area (Å²) >= 11 is 0. The highest BCUT2D eigenvalue weighted by Crippen LogP contribution is 2.31. The van der Waals surface area contributed by atoms with Gasteiger partial charge >= 0.3 is 0 Å². The summed E-state index contributed by atoms with van der Waals surface area (Å²) in [6.45, 7) is 0. The first-order valence-electron chi connectivity index (χ1n) is 6.04. The second-order valence-corrected chi connectivity index (χ2v) is 4.74. The van der Waals surface area contributed by atoms with Gasteiger partial charge in [0.25, 0.3) is 0 Å². The average molecular weight is 215 g/mol. The Kier molecular flexibility index (Phi) is 2.44. The normalized spacial score (nSPS) is 24.3. The minimum absolute atomic E-state index is 0.239. The van der Waals surface area contributed by atoms with Crippen molar-refractivity contribution in [3.8, 4) is 5.75 Å². The van der Waals surface area contributed by atoms with Crippen LogP contribution in [0.1, 0.15) is 31.2 Å². The van der Waals surface area contributed by atoms with Crippen molar-refractivity contribution in [3.63, 3.8) is 0 Å². The first-order chi connectivity index (χ1) is 7.81. The Morgan fingerprint density at radius 1 is 1.19 bits per heavy atom. The van der Waals surface area contributed by atoms with E-state index in [0.29, 0.717) is 6.10 Å². The molecule has 84 valence electrons. The zero-order valence-corrected chi connectivity index (χ0v) is 9.36. The second kappa shape index (κ2) is 3.95. The zero-order chi connectivity index (χ0) is 11.0. The topological polar surface area (TPSA) is 35.2 Å². The predicted molar refractivity (Wildman–Crippen MR) is 65.3 cm³/mol. The number of hydrogen-bond donors (Lipinski definition) is 1. The van der Waals surface area contributed by atoms with Crippen molar-refractivity contribution >= 4 is 5.57 Å². The average Bonchev–Trinajstić information content (AvgIpc) is 2.98. The molecule has 3 rings (SSSR count). The minimum Gasteiger partial charge on any atom is -0.490 e. The van der Waals surface area contributed by atoms with E-state index in [2.05, 4.69) is 24.3 Å². The van der Waals surface area contributed by atoms with Crippen LogP contribution in [0, 0.1) is 0 Å². The maximum absolute atomic E-state index is 5.88. The van der Waals surface area contributed by atoms with Crippen LogP contribution in [-0.4, -0.2) is 12.1 Å². The third-order valence-corrected chi connectivity index (χ3v) is 3.19. The van der Waals surface area contributed by atoms with Gasteiger partial charge in [-0.2, -0.15) is 0 Å². The molecule has 0 saturated heterocycles. The Morgan fingerprint density at radius 2 is 2.06 bits per heavy atom. The lowest BCUT2D eigenvalue weighted by molar-refractivity contribution is 0.303. The lowest BCUT2D eigenvalue weighted by atomic mass is 10.1. The Bertz CT molecular complexity index is 420. The highest BCUT2D eigenvalue weighted by Gasteiger charge is 2.23. The Labute approximate surface area is 96.1 Å². The van der Waals surface area contributed by atoms with E-state index in [-0.39, 0.29) is 6.04 Å². The number of benzene rings is 1. The van der Waals surface area contributed by atoms with E-state index in [9.17, 15) is 0 Å². The van der Waals surface area contributed by atoms with E-state index in [1.165, 1.54) is 24.0 Å². The van der Waals surface area contributed by atoms with Crippen molar-refractivity contribution in [3.05, 3.63) is 35.9 Å². The maximum Gasteiger partial charge on any atom is 0.120 e. The molecule has 1 atom stereocenters. The smallest absolute Gasteiger partial charge is 0.120 e. The molecule has 1 aromatic rings.